The van der Waals surface area contributed by atoms with Crippen molar-refractivity contribution in [1.82, 2.24) is 24.4 Å². The van der Waals surface area contributed by atoms with Crippen LogP contribution in [0.25, 0.3) is 11.2 Å². The molecule has 0 N–H and O–H groups in total. The molecule has 1 aliphatic carbocycles. The number of carbonyl (C=O) groups excluding carboxylic acids is 1. The Morgan fingerprint density at radius 3 is 2.76 bits per heavy atom. The Hall–Kier alpha value is -2.76. The third kappa shape index (κ3) is 2.40. The summed E-state index contributed by atoms with van der Waals surface area (Å²) < 4.78 is 2.17. The van der Waals surface area contributed by atoms with Crippen molar-refractivity contribution in [2.24, 2.45) is 0 Å². The van der Waals surface area contributed by atoms with Gasteiger partial charge in [-0.05, 0) is 36.1 Å². The molecule has 5 rings (SSSR count). The molecule has 1 fully saturated rings. The van der Waals surface area contributed by atoms with Crippen LogP contribution in [-0.2, 0) is 13.1 Å². The van der Waals surface area contributed by atoms with Crippen LogP contribution < -0.4 is 0 Å². The van der Waals surface area contributed by atoms with Gasteiger partial charge in [0.1, 0.15) is 5.52 Å². The normalized spacial score (nSPS) is 17.4. The molecule has 6 nitrogen and oxygen atoms in total. The Kier molecular flexibility index (Phi) is 3.29. The van der Waals surface area contributed by atoms with E-state index in [1.165, 1.54) is 31.2 Å². The fraction of sp³-hybridized carbons (Fsp3) is 0.368. The van der Waals surface area contributed by atoms with Crippen molar-refractivity contribution in [2.75, 3.05) is 0 Å². The second-order valence-corrected chi connectivity index (χ2v) is 6.96. The maximum absolute atomic E-state index is 12.9. The number of pyridine rings is 2. The molecule has 0 aromatic carbocycles. The Balaban J connectivity index is 1.43. The first kappa shape index (κ1) is 14.6. The molecule has 0 radical (unpaired) electrons. The third-order valence-corrected chi connectivity index (χ3v) is 5.39. The molecule has 4 heterocycles. The monoisotopic (exact) mass is 333 g/mol. The highest BCUT2D eigenvalue weighted by Crippen LogP contribution is 2.31. The van der Waals surface area contributed by atoms with Crippen LogP contribution in [-0.4, -0.2) is 30.3 Å². The van der Waals surface area contributed by atoms with E-state index in [1.807, 2.05) is 29.6 Å². The van der Waals surface area contributed by atoms with E-state index < -0.39 is 0 Å². The van der Waals surface area contributed by atoms with E-state index >= 15 is 0 Å². The van der Waals surface area contributed by atoms with Crippen LogP contribution in [0.1, 0.15) is 53.2 Å². The highest BCUT2D eigenvalue weighted by atomic mass is 16.2. The van der Waals surface area contributed by atoms with Crippen molar-refractivity contribution in [2.45, 2.75) is 44.8 Å². The van der Waals surface area contributed by atoms with Crippen molar-refractivity contribution in [3.63, 3.8) is 0 Å². The lowest BCUT2D eigenvalue weighted by atomic mass is 10.2. The van der Waals surface area contributed by atoms with Gasteiger partial charge in [-0.25, -0.2) is 9.97 Å². The minimum atomic E-state index is 0.000941. The zero-order chi connectivity index (χ0) is 16.8. The van der Waals surface area contributed by atoms with Crippen LogP contribution in [0.4, 0.5) is 0 Å². The SMILES string of the molecule is O=C(c1cnc2c(c1)ncn2C1CCCC1)N1Cc2ccncc2C1. The average Bonchev–Trinajstić information content (AvgIpc) is 3.37. The predicted octanol–water partition coefficient (Wildman–Crippen LogP) is 3.10. The number of rotatable bonds is 2. The molecule has 3 aromatic rings. The number of imidazole rings is 1. The van der Waals surface area contributed by atoms with Gasteiger partial charge in [0.25, 0.3) is 5.91 Å². The van der Waals surface area contributed by atoms with Gasteiger partial charge in [0, 0.05) is 37.7 Å². The number of fused-ring (bicyclic) bond motifs is 2. The average molecular weight is 333 g/mol. The number of aromatic nitrogens is 4. The highest BCUT2D eigenvalue weighted by molar-refractivity contribution is 5.96. The Morgan fingerprint density at radius 2 is 1.92 bits per heavy atom. The van der Waals surface area contributed by atoms with E-state index in [0.717, 1.165) is 16.7 Å². The molecule has 0 atom stereocenters. The fourth-order valence-electron chi connectivity index (χ4n) is 4.03. The van der Waals surface area contributed by atoms with Gasteiger partial charge >= 0.3 is 0 Å². The standard InChI is InChI=1S/C19H19N5O/c25-19(23-10-13-5-6-20-8-15(13)11-23)14-7-17-18(21-9-14)24(12-22-17)16-3-1-2-4-16/h5-9,12,16H,1-4,10-11H2. The number of nitrogens with zero attached hydrogens (tertiary/aromatic N) is 5. The molecule has 2 aliphatic rings. The Labute approximate surface area is 145 Å². The Bertz CT molecular complexity index is 932. The van der Waals surface area contributed by atoms with E-state index in [2.05, 4.69) is 19.5 Å². The zero-order valence-electron chi connectivity index (χ0n) is 13.9. The summed E-state index contributed by atoms with van der Waals surface area (Å²) in [5, 5.41) is 0. The smallest absolute Gasteiger partial charge is 0.256 e. The van der Waals surface area contributed by atoms with Gasteiger partial charge in [-0.2, -0.15) is 0 Å². The lowest BCUT2D eigenvalue weighted by Gasteiger charge is -2.15. The van der Waals surface area contributed by atoms with Crippen LogP contribution in [0.3, 0.4) is 0 Å². The zero-order valence-corrected chi connectivity index (χ0v) is 13.9. The van der Waals surface area contributed by atoms with Gasteiger partial charge in [0.2, 0.25) is 0 Å². The van der Waals surface area contributed by atoms with Crippen molar-refractivity contribution < 1.29 is 4.79 Å². The molecule has 0 bridgehead atoms. The summed E-state index contributed by atoms with van der Waals surface area (Å²) in [4.78, 5) is 27.9. The predicted molar refractivity (Wildman–Crippen MR) is 92.8 cm³/mol. The van der Waals surface area contributed by atoms with E-state index in [1.54, 1.807) is 12.4 Å². The summed E-state index contributed by atoms with van der Waals surface area (Å²) in [6.07, 6.45) is 12.1. The van der Waals surface area contributed by atoms with Crippen molar-refractivity contribution in [1.29, 1.82) is 0 Å². The third-order valence-electron chi connectivity index (χ3n) is 5.39. The van der Waals surface area contributed by atoms with Crippen LogP contribution in [0.5, 0.6) is 0 Å². The van der Waals surface area contributed by atoms with Crippen molar-refractivity contribution in [3.8, 4) is 0 Å². The molecule has 6 heteroatoms. The molecular formula is C19H19N5O. The number of hydrogen-bond donors (Lipinski definition) is 0. The molecule has 1 amide bonds. The van der Waals surface area contributed by atoms with Gasteiger partial charge in [-0.3, -0.25) is 9.78 Å². The lowest BCUT2D eigenvalue weighted by molar-refractivity contribution is 0.0751. The van der Waals surface area contributed by atoms with E-state index in [0.29, 0.717) is 24.7 Å². The minimum Gasteiger partial charge on any atom is -0.330 e. The molecule has 1 aliphatic heterocycles. The minimum absolute atomic E-state index is 0.000941. The molecule has 126 valence electrons. The van der Waals surface area contributed by atoms with Crippen LogP contribution in [0, 0.1) is 0 Å². The number of amides is 1. The number of carbonyl (C=O) groups is 1. The summed E-state index contributed by atoms with van der Waals surface area (Å²) in [5.41, 5.74) is 4.58. The second kappa shape index (κ2) is 5.65. The van der Waals surface area contributed by atoms with Gasteiger partial charge < -0.3 is 9.47 Å². The van der Waals surface area contributed by atoms with Gasteiger partial charge in [-0.15, -0.1) is 0 Å². The molecule has 3 aromatic heterocycles. The second-order valence-electron chi connectivity index (χ2n) is 6.96. The topological polar surface area (TPSA) is 63.9 Å². The summed E-state index contributed by atoms with van der Waals surface area (Å²) >= 11 is 0. The van der Waals surface area contributed by atoms with Gasteiger partial charge in [0.15, 0.2) is 5.65 Å². The quantitative estimate of drug-likeness (QED) is 0.723. The Morgan fingerprint density at radius 1 is 1.08 bits per heavy atom. The van der Waals surface area contributed by atoms with E-state index in [-0.39, 0.29) is 5.91 Å². The van der Waals surface area contributed by atoms with E-state index in [4.69, 9.17) is 0 Å². The maximum atomic E-state index is 12.9. The summed E-state index contributed by atoms with van der Waals surface area (Å²) in [7, 11) is 0. The first-order valence-corrected chi connectivity index (χ1v) is 8.83. The molecule has 0 saturated heterocycles. The van der Waals surface area contributed by atoms with Crippen LogP contribution in [0.15, 0.2) is 37.1 Å². The van der Waals surface area contributed by atoms with Crippen molar-refractivity contribution >= 4 is 17.1 Å². The molecule has 25 heavy (non-hydrogen) atoms. The molecule has 0 spiro atoms. The van der Waals surface area contributed by atoms with Crippen molar-refractivity contribution in [3.05, 3.63) is 53.7 Å². The lowest BCUT2D eigenvalue weighted by Crippen LogP contribution is -2.25. The summed E-state index contributed by atoms with van der Waals surface area (Å²) in [6.45, 7) is 1.24. The van der Waals surface area contributed by atoms with Crippen LogP contribution >= 0.6 is 0 Å². The maximum Gasteiger partial charge on any atom is 0.256 e. The van der Waals surface area contributed by atoms with Gasteiger partial charge in [-0.1, -0.05) is 12.8 Å². The largest absolute Gasteiger partial charge is 0.330 e. The molecule has 0 unspecified atom stereocenters. The fourth-order valence-corrected chi connectivity index (χ4v) is 4.03. The number of hydrogen-bond acceptors (Lipinski definition) is 4. The molecular weight excluding hydrogens is 314 g/mol. The molecule has 1 saturated carbocycles. The van der Waals surface area contributed by atoms with Crippen LogP contribution in [0.2, 0.25) is 0 Å². The van der Waals surface area contributed by atoms with Gasteiger partial charge in [0.05, 0.1) is 11.9 Å². The first-order valence-electron chi connectivity index (χ1n) is 8.83. The van der Waals surface area contributed by atoms with E-state index in [9.17, 15) is 4.79 Å². The summed E-state index contributed by atoms with van der Waals surface area (Å²) in [5.74, 6) is 0.000941. The summed E-state index contributed by atoms with van der Waals surface area (Å²) in [6, 6.07) is 4.35. The highest BCUT2D eigenvalue weighted by Gasteiger charge is 2.25. The first-order chi connectivity index (χ1) is 12.3.